The Bertz CT molecular complexity index is 210. The van der Waals surface area contributed by atoms with Crippen molar-refractivity contribution in [3.8, 4) is 0 Å². The molecule has 0 aliphatic heterocycles. The highest BCUT2D eigenvalue weighted by atomic mass is 32.2. The van der Waals surface area contributed by atoms with Gasteiger partial charge < -0.3 is 5.73 Å². The smallest absolute Gasteiger partial charge is 0.103 e. The van der Waals surface area contributed by atoms with Crippen molar-refractivity contribution in [2.24, 2.45) is 5.73 Å². The highest BCUT2D eigenvalue weighted by Crippen LogP contribution is 2.15. The number of nitrogens with two attached hydrogens (primary N) is 1. The molecule has 1 heterocycles. The average molecular weight is 188 g/mol. The standard InChI is InChI=1S/C7H12N2S2/c1-6-4-11-7(9-6)5-10-3-2-8/h4H,2-3,5,8H2,1H3. The summed E-state index contributed by atoms with van der Waals surface area (Å²) in [5.74, 6) is 2.04. The number of rotatable bonds is 4. The maximum atomic E-state index is 5.36. The van der Waals surface area contributed by atoms with Crippen molar-refractivity contribution in [2.75, 3.05) is 12.3 Å². The number of thioether (sulfide) groups is 1. The van der Waals surface area contributed by atoms with E-state index in [9.17, 15) is 0 Å². The van der Waals surface area contributed by atoms with Crippen LogP contribution in [-0.4, -0.2) is 17.3 Å². The number of aromatic nitrogens is 1. The third-order valence-corrected chi connectivity index (χ3v) is 3.31. The van der Waals surface area contributed by atoms with E-state index in [0.29, 0.717) is 0 Å². The predicted molar refractivity (Wildman–Crippen MR) is 52.1 cm³/mol. The number of hydrogen-bond donors (Lipinski definition) is 1. The summed E-state index contributed by atoms with van der Waals surface area (Å²) in [4.78, 5) is 4.34. The first kappa shape index (κ1) is 9.03. The van der Waals surface area contributed by atoms with Gasteiger partial charge in [0.2, 0.25) is 0 Å². The van der Waals surface area contributed by atoms with Gasteiger partial charge in [0.15, 0.2) is 0 Å². The largest absolute Gasteiger partial charge is 0.330 e. The van der Waals surface area contributed by atoms with Gasteiger partial charge >= 0.3 is 0 Å². The van der Waals surface area contributed by atoms with Crippen LogP contribution in [0.1, 0.15) is 10.7 Å². The summed E-state index contributed by atoms with van der Waals surface area (Å²) < 4.78 is 0. The van der Waals surface area contributed by atoms with Crippen LogP contribution in [0.15, 0.2) is 5.38 Å². The van der Waals surface area contributed by atoms with Gasteiger partial charge in [-0.25, -0.2) is 4.98 Å². The van der Waals surface area contributed by atoms with Crippen molar-refractivity contribution in [1.82, 2.24) is 4.98 Å². The fourth-order valence-corrected chi connectivity index (χ4v) is 2.34. The van der Waals surface area contributed by atoms with Crippen LogP contribution < -0.4 is 5.73 Å². The van der Waals surface area contributed by atoms with E-state index in [0.717, 1.165) is 23.7 Å². The first-order valence-corrected chi connectivity index (χ1v) is 5.55. The van der Waals surface area contributed by atoms with Gasteiger partial charge in [-0.2, -0.15) is 11.8 Å². The van der Waals surface area contributed by atoms with E-state index in [1.165, 1.54) is 5.01 Å². The Hall–Kier alpha value is -0.0600. The van der Waals surface area contributed by atoms with E-state index < -0.39 is 0 Å². The Labute approximate surface area is 75.2 Å². The minimum absolute atomic E-state index is 0.759. The molecule has 0 unspecified atom stereocenters. The molecule has 4 heteroatoms. The van der Waals surface area contributed by atoms with Crippen LogP contribution in [0.3, 0.4) is 0 Å². The van der Waals surface area contributed by atoms with Gasteiger partial charge in [0.05, 0.1) is 0 Å². The lowest BCUT2D eigenvalue weighted by Crippen LogP contribution is -2.01. The summed E-state index contributed by atoms with van der Waals surface area (Å²) >= 11 is 3.57. The van der Waals surface area contributed by atoms with Gasteiger partial charge in [0.25, 0.3) is 0 Å². The van der Waals surface area contributed by atoms with Crippen molar-refractivity contribution in [1.29, 1.82) is 0 Å². The molecule has 0 atom stereocenters. The van der Waals surface area contributed by atoms with Crippen molar-refractivity contribution in [2.45, 2.75) is 12.7 Å². The Morgan fingerprint density at radius 1 is 1.73 bits per heavy atom. The number of hydrogen-bond acceptors (Lipinski definition) is 4. The molecule has 0 saturated heterocycles. The van der Waals surface area contributed by atoms with Gasteiger partial charge in [-0.15, -0.1) is 11.3 Å². The SMILES string of the molecule is Cc1csc(CSCCN)n1. The van der Waals surface area contributed by atoms with E-state index in [1.54, 1.807) is 11.3 Å². The minimum atomic E-state index is 0.759. The van der Waals surface area contributed by atoms with Crippen LogP contribution in [0.5, 0.6) is 0 Å². The first-order valence-electron chi connectivity index (χ1n) is 3.51. The number of aryl methyl sites for hydroxylation is 1. The Morgan fingerprint density at radius 3 is 3.09 bits per heavy atom. The lowest BCUT2D eigenvalue weighted by atomic mass is 10.6. The lowest BCUT2D eigenvalue weighted by Gasteiger charge is -1.93. The predicted octanol–water partition coefficient (Wildman–Crippen LogP) is 1.64. The van der Waals surface area contributed by atoms with E-state index >= 15 is 0 Å². The molecule has 2 N–H and O–H groups in total. The van der Waals surface area contributed by atoms with E-state index in [4.69, 9.17) is 5.73 Å². The summed E-state index contributed by atoms with van der Waals surface area (Å²) in [7, 11) is 0. The van der Waals surface area contributed by atoms with E-state index in [-0.39, 0.29) is 0 Å². The zero-order valence-corrected chi connectivity index (χ0v) is 8.17. The summed E-state index contributed by atoms with van der Waals surface area (Å²) in [6.45, 7) is 2.78. The van der Waals surface area contributed by atoms with E-state index in [1.807, 2.05) is 18.7 Å². The molecule has 62 valence electrons. The van der Waals surface area contributed by atoms with Gasteiger partial charge in [-0.3, -0.25) is 0 Å². The van der Waals surface area contributed by atoms with E-state index in [2.05, 4.69) is 10.4 Å². The van der Waals surface area contributed by atoms with Crippen molar-refractivity contribution in [3.63, 3.8) is 0 Å². The molecule has 1 aromatic rings. The molecule has 11 heavy (non-hydrogen) atoms. The number of nitrogens with zero attached hydrogens (tertiary/aromatic N) is 1. The lowest BCUT2D eigenvalue weighted by molar-refractivity contribution is 1.14. The second-order valence-electron chi connectivity index (χ2n) is 2.22. The monoisotopic (exact) mass is 188 g/mol. The summed E-state index contributed by atoms with van der Waals surface area (Å²) in [6, 6.07) is 0. The average Bonchev–Trinajstić information content (AvgIpc) is 2.37. The van der Waals surface area contributed by atoms with Gasteiger partial charge in [0.1, 0.15) is 5.01 Å². The van der Waals surface area contributed by atoms with Crippen LogP contribution in [-0.2, 0) is 5.75 Å². The van der Waals surface area contributed by atoms with Crippen LogP contribution >= 0.6 is 23.1 Å². The molecule has 0 amide bonds. The second kappa shape index (κ2) is 4.74. The molecule has 0 bridgehead atoms. The fraction of sp³-hybridized carbons (Fsp3) is 0.571. The summed E-state index contributed by atoms with van der Waals surface area (Å²) in [5.41, 5.74) is 6.48. The topological polar surface area (TPSA) is 38.9 Å². The first-order chi connectivity index (χ1) is 5.33. The van der Waals surface area contributed by atoms with Gasteiger partial charge in [-0.05, 0) is 6.92 Å². The molecule has 0 fully saturated rings. The minimum Gasteiger partial charge on any atom is -0.330 e. The molecule has 0 spiro atoms. The zero-order chi connectivity index (χ0) is 8.10. The molecule has 2 nitrogen and oxygen atoms in total. The van der Waals surface area contributed by atoms with Gasteiger partial charge in [-0.1, -0.05) is 0 Å². The summed E-state index contributed by atoms with van der Waals surface area (Å²) in [5, 5.41) is 3.29. The van der Waals surface area contributed by atoms with Crippen LogP contribution in [0.4, 0.5) is 0 Å². The second-order valence-corrected chi connectivity index (χ2v) is 4.27. The zero-order valence-electron chi connectivity index (χ0n) is 6.54. The molecule has 0 aromatic carbocycles. The molecule has 0 aliphatic rings. The maximum absolute atomic E-state index is 5.36. The van der Waals surface area contributed by atoms with Crippen LogP contribution in [0.25, 0.3) is 0 Å². The quantitative estimate of drug-likeness (QED) is 0.730. The molecule has 0 saturated carbocycles. The molecule has 1 rings (SSSR count). The van der Waals surface area contributed by atoms with Crippen molar-refractivity contribution >= 4 is 23.1 Å². The van der Waals surface area contributed by atoms with Crippen molar-refractivity contribution in [3.05, 3.63) is 16.1 Å². The summed E-state index contributed by atoms with van der Waals surface area (Å²) in [6.07, 6.45) is 0. The Balaban J connectivity index is 2.27. The van der Waals surface area contributed by atoms with Gasteiger partial charge in [0, 0.05) is 29.1 Å². The molecule has 1 aromatic heterocycles. The third-order valence-electron chi connectivity index (χ3n) is 1.15. The normalized spacial score (nSPS) is 10.4. The molecule has 0 aliphatic carbocycles. The highest BCUT2D eigenvalue weighted by molar-refractivity contribution is 7.98. The number of thiazole rings is 1. The molecular formula is C7H12N2S2. The van der Waals surface area contributed by atoms with Crippen LogP contribution in [0.2, 0.25) is 0 Å². The fourth-order valence-electron chi connectivity index (χ4n) is 0.712. The Morgan fingerprint density at radius 2 is 2.55 bits per heavy atom. The molecular weight excluding hydrogens is 176 g/mol. The third kappa shape index (κ3) is 3.22. The highest BCUT2D eigenvalue weighted by Gasteiger charge is 1.96. The van der Waals surface area contributed by atoms with Crippen molar-refractivity contribution < 1.29 is 0 Å². The maximum Gasteiger partial charge on any atom is 0.103 e. The Kier molecular flexibility index (Phi) is 3.90. The molecule has 0 radical (unpaired) electrons. The van der Waals surface area contributed by atoms with Crippen LogP contribution in [0, 0.1) is 6.92 Å².